The van der Waals surface area contributed by atoms with Crippen molar-refractivity contribution in [1.82, 2.24) is 0 Å². The van der Waals surface area contributed by atoms with Crippen molar-refractivity contribution in [3.8, 4) is 34.5 Å². The van der Waals surface area contributed by atoms with Crippen LogP contribution >= 0.6 is 0 Å². The normalized spacial score (nSPS) is 15.6. The Labute approximate surface area is 464 Å². The minimum atomic E-state index is -0.944. The molecule has 0 aliphatic carbocycles. The summed E-state index contributed by atoms with van der Waals surface area (Å²) < 4.78 is 24.3. The lowest BCUT2D eigenvalue weighted by Crippen LogP contribution is -2.23. The quantitative estimate of drug-likeness (QED) is 0.0409. The van der Waals surface area contributed by atoms with E-state index >= 15 is 0 Å². The van der Waals surface area contributed by atoms with Gasteiger partial charge in [0.15, 0.2) is 11.6 Å². The number of aromatic hydroxyl groups is 2. The zero-order valence-electron chi connectivity index (χ0n) is 49.0. The molecule has 78 heavy (non-hydrogen) atoms. The van der Waals surface area contributed by atoms with Gasteiger partial charge in [-0.15, -0.1) is 0 Å². The summed E-state index contributed by atoms with van der Waals surface area (Å²) in [6.45, 7) is 22.8. The number of hydrogen-bond donors (Lipinski definition) is 6. The Kier molecular flexibility index (Phi) is 22.2. The Bertz CT molecular complexity index is 2910. The van der Waals surface area contributed by atoms with Gasteiger partial charge >= 0.3 is 0 Å². The SMILES string of the molecule is COc1c(C)ccc([C@@H]2CC(=O)c3c(cc(CO)c(CC=C(C)C)c3O)O2)c1C/C=C(\C)CCCC(C)(C)O.COc1c(C)ccc([C@@H]2CC(=O)c3c(cc(CO)c(CCC(C)(C)O)c3O)O2)c1C/C=C(\C)CCC=C(C)C. The summed E-state index contributed by atoms with van der Waals surface area (Å²) in [5, 5.41) is 62.3. The number of phenols is 2. The van der Waals surface area contributed by atoms with Crippen molar-refractivity contribution in [1.29, 1.82) is 0 Å². The lowest BCUT2D eigenvalue weighted by Gasteiger charge is -2.30. The number of aliphatic hydroxyl groups is 4. The number of ether oxygens (including phenoxy) is 4. The number of benzene rings is 4. The minimum Gasteiger partial charge on any atom is -0.507 e. The highest BCUT2D eigenvalue weighted by atomic mass is 16.5. The van der Waals surface area contributed by atoms with E-state index in [4.69, 9.17) is 18.9 Å². The van der Waals surface area contributed by atoms with Crippen LogP contribution in [0, 0.1) is 13.8 Å². The Balaban J connectivity index is 0.000000287. The van der Waals surface area contributed by atoms with Gasteiger partial charge in [0.1, 0.15) is 57.8 Å². The third-order valence-electron chi connectivity index (χ3n) is 14.7. The maximum Gasteiger partial charge on any atom is 0.174 e. The van der Waals surface area contributed by atoms with Gasteiger partial charge in [-0.25, -0.2) is 0 Å². The molecule has 6 rings (SSSR count). The van der Waals surface area contributed by atoms with Gasteiger partial charge in [-0.2, -0.15) is 0 Å². The van der Waals surface area contributed by atoms with Crippen LogP contribution in [0.5, 0.6) is 34.5 Å². The molecule has 424 valence electrons. The first-order valence-electron chi connectivity index (χ1n) is 27.4. The molecule has 4 aromatic carbocycles. The Morgan fingerprint density at radius 3 is 1.45 bits per heavy atom. The number of phenolic OH excluding ortho intramolecular Hbond substituents is 2. The molecule has 12 nitrogen and oxygen atoms in total. The Morgan fingerprint density at radius 1 is 0.603 bits per heavy atom. The monoisotopic (exact) mass is 1070 g/mol. The summed E-state index contributed by atoms with van der Waals surface area (Å²) in [6, 6.07) is 11.3. The number of carbonyl (C=O) groups is 2. The van der Waals surface area contributed by atoms with Crippen LogP contribution in [0.4, 0.5) is 0 Å². The number of carbonyl (C=O) groups excluding carboxylic acids is 2. The lowest BCUT2D eigenvalue weighted by atomic mass is 9.87. The fourth-order valence-corrected chi connectivity index (χ4v) is 10.3. The molecular weight excluding hydrogens is 985 g/mol. The van der Waals surface area contributed by atoms with Crippen LogP contribution in [-0.2, 0) is 38.9 Å². The maximum atomic E-state index is 13.4. The van der Waals surface area contributed by atoms with Crippen molar-refractivity contribution in [2.24, 2.45) is 0 Å². The summed E-state index contributed by atoms with van der Waals surface area (Å²) in [7, 11) is 3.31. The molecular formula is C66H88O12. The molecule has 0 amide bonds. The molecule has 2 aliphatic heterocycles. The van der Waals surface area contributed by atoms with Crippen molar-refractivity contribution in [2.45, 2.75) is 197 Å². The third-order valence-corrected chi connectivity index (χ3v) is 14.7. The number of Topliss-reactive ketones (excluding diaryl/α,β-unsaturated/α-hetero) is 2. The van der Waals surface area contributed by atoms with Crippen LogP contribution in [0.3, 0.4) is 0 Å². The van der Waals surface area contributed by atoms with Gasteiger partial charge in [0.25, 0.3) is 0 Å². The summed E-state index contributed by atoms with van der Waals surface area (Å²) in [5.74, 6) is 1.43. The second-order valence-electron chi connectivity index (χ2n) is 23.0. The topological polar surface area (TPSA) is 192 Å². The van der Waals surface area contributed by atoms with Gasteiger partial charge in [0.2, 0.25) is 0 Å². The molecule has 0 fully saturated rings. The van der Waals surface area contributed by atoms with Gasteiger partial charge in [-0.1, -0.05) is 70.9 Å². The van der Waals surface area contributed by atoms with Gasteiger partial charge < -0.3 is 49.6 Å². The van der Waals surface area contributed by atoms with Crippen molar-refractivity contribution < 1.29 is 59.2 Å². The number of aryl methyl sites for hydroxylation is 2. The predicted octanol–water partition coefficient (Wildman–Crippen LogP) is 13.7. The first-order chi connectivity index (χ1) is 36.7. The first-order valence-corrected chi connectivity index (χ1v) is 27.4. The number of fused-ring (bicyclic) bond motifs is 2. The highest BCUT2D eigenvalue weighted by Crippen LogP contribution is 2.47. The third kappa shape index (κ3) is 16.4. The van der Waals surface area contributed by atoms with Crippen LogP contribution in [0.25, 0.3) is 0 Å². The number of ketones is 2. The van der Waals surface area contributed by atoms with E-state index in [0.29, 0.717) is 60.1 Å². The van der Waals surface area contributed by atoms with Crippen molar-refractivity contribution in [3.63, 3.8) is 0 Å². The lowest BCUT2D eigenvalue weighted by molar-refractivity contribution is 0.0687. The minimum absolute atomic E-state index is 0.0758. The summed E-state index contributed by atoms with van der Waals surface area (Å²) >= 11 is 0. The molecule has 6 N–H and O–H groups in total. The van der Waals surface area contributed by atoms with E-state index in [1.807, 2.05) is 71.9 Å². The molecule has 0 radical (unpaired) electrons. The fourth-order valence-electron chi connectivity index (χ4n) is 10.3. The molecule has 4 aromatic rings. The van der Waals surface area contributed by atoms with E-state index in [0.717, 1.165) is 82.6 Å². The molecule has 12 heteroatoms. The van der Waals surface area contributed by atoms with Crippen molar-refractivity contribution in [2.75, 3.05) is 14.2 Å². The molecule has 0 aromatic heterocycles. The molecule has 0 bridgehead atoms. The number of rotatable bonds is 22. The summed E-state index contributed by atoms with van der Waals surface area (Å²) in [6.07, 6.45) is 14.5. The van der Waals surface area contributed by atoms with E-state index in [2.05, 4.69) is 45.9 Å². The standard InChI is InChI=1S/2C33H44O6/c1-20(2)10-13-24-23(19-34)17-29-30(31(24)36)27(35)18-28(39-29)25-15-12-22(4)32(38-7)26(25)14-11-21(3)9-8-16-33(5,6)37;1-20(2)9-8-10-21(3)11-13-26-25(14-12-22(4)32(26)38-7)28-18-27(35)30-29(39-28)17-23(19-34)24(31(30)36)15-16-33(5,6)37/h10-12,15,17,28,34,36-37H,8-9,13-14,16,18-19H2,1-7H3;9,11-12,14,17,28,34,36-37H,8,10,13,15-16,18-19H2,1-7H3/b2*21-11+/t2*28-/m00/s1. The number of hydrogen-bond acceptors (Lipinski definition) is 12. The van der Waals surface area contributed by atoms with E-state index in [-0.39, 0.29) is 66.0 Å². The average molecular weight is 1070 g/mol. The summed E-state index contributed by atoms with van der Waals surface area (Å²) in [4.78, 5) is 26.8. The number of allylic oxidation sites excluding steroid dienone is 8. The van der Waals surface area contributed by atoms with Crippen molar-refractivity contribution >= 4 is 11.6 Å². The van der Waals surface area contributed by atoms with E-state index < -0.39 is 23.4 Å². The highest BCUT2D eigenvalue weighted by molar-refractivity contribution is 6.04. The van der Waals surface area contributed by atoms with Crippen LogP contribution in [-0.4, -0.2) is 67.6 Å². The largest absolute Gasteiger partial charge is 0.507 e. The Morgan fingerprint density at radius 2 is 1.03 bits per heavy atom. The van der Waals surface area contributed by atoms with Crippen molar-refractivity contribution in [3.05, 3.63) is 150 Å². The van der Waals surface area contributed by atoms with E-state index in [1.165, 1.54) is 16.7 Å². The molecule has 0 saturated carbocycles. The fraction of sp³-hybridized carbons (Fsp3) is 0.485. The number of methoxy groups -OCH3 is 2. The maximum absolute atomic E-state index is 13.4. The first kappa shape index (κ1) is 62.7. The van der Waals surface area contributed by atoms with Crippen LogP contribution in [0.1, 0.15) is 209 Å². The van der Waals surface area contributed by atoms with Gasteiger partial charge in [-0.05, 0) is 193 Å². The second-order valence-corrected chi connectivity index (χ2v) is 23.0. The van der Waals surface area contributed by atoms with Crippen LogP contribution in [0.15, 0.2) is 83.0 Å². The average Bonchev–Trinajstić information content (AvgIpc) is 3.47. The zero-order valence-corrected chi connectivity index (χ0v) is 49.0. The molecule has 0 unspecified atom stereocenters. The summed E-state index contributed by atoms with van der Waals surface area (Å²) in [5.41, 5.74) is 11.4. The van der Waals surface area contributed by atoms with Crippen LogP contribution < -0.4 is 18.9 Å². The molecule has 2 heterocycles. The highest BCUT2D eigenvalue weighted by Gasteiger charge is 2.36. The van der Waals surface area contributed by atoms with Crippen LogP contribution in [0.2, 0.25) is 0 Å². The Hall–Kier alpha value is -6.18. The van der Waals surface area contributed by atoms with Gasteiger partial charge in [0.05, 0.1) is 51.5 Å². The number of aliphatic hydroxyl groups excluding tert-OH is 2. The molecule has 2 aliphatic rings. The predicted molar refractivity (Wildman–Crippen MR) is 310 cm³/mol. The zero-order chi connectivity index (χ0) is 57.8. The molecule has 0 saturated heterocycles. The molecule has 0 spiro atoms. The van der Waals surface area contributed by atoms with E-state index in [9.17, 15) is 40.2 Å². The van der Waals surface area contributed by atoms with Gasteiger partial charge in [0, 0.05) is 22.3 Å². The second kappa shape index (κ2) is 27.6. The van der Waals surface area contributed by atoms with E-state index in [1.54, 1.807) is 40.2 Å². The smallest absolute Gasteiger partial charge is 0.174 e. The molecule has 2 atom stereocenters. The van der Waals surface area contributed by atoms with Gasteiger partial charge in [-0.3, -0.25) is 9.59 Å².